The number of hydrogen-bond acceptors (Lipinski definition) is 4. The summed E-state index contributed by atoms with van der Waals surface area (Å²) in [5.74, 6) is -0.501. The quantitative estimate of drug-likeness (QED) is 0.647. The summed E-state index contributed by atoms with van der Waals surface area (Å²) >= 11 is 5.93. The number of anilines is 1. The second kappa shape index (κ2) is 9.67. The lowest BCUT2D eigenvalue weighted by molar-refractivity contribution is -0.133. The second-order valence-electron chi connectivity index (χ2n) is 7.74. The Balaban J connectivity index is 1.59. The van der Waals surface area contributed by atoms with Crippen LogP contribution in [0, 0.1) is 5.82 Å². The fourth-order valence-electron chi connectivity index (χ4n) is 3.83. The molecular weight excluding hydrogens is 395 g/mol. The first-order chi connectivity index (χ1) is 13.8. The van der Waals surface area contributed by atoms with Crippen molar-refractivity contribution >= 4 is 23.2 Å². The summed E-state index contributed by atoms with van der Waals surface area (Å²) in [4.78, 5) is 12.3. The number of hydrogen-bond donors (Lipinski definition) is 3. The van der Waals surface area contributed by atoms with Crippen LogP contribution >= 0.6 is 11.6 Å². The maximum atomic E-state index is 13.1. The van der Waals surface area contributed by atoms with Crippen molar-refractivity contribution in [2.75, 3.05) is 11.9 Å². The topological polar surface area (TPSA) is 72.8 Å². The van der Waals surface area contributed by atoms with Crippen LogP contribution in [-0.2, 0) is 11.2 Å². The van der Waals surface area contributed by atoms with Crippen LogP contribution in [0.5, 0.6) is 0 Å². The number of nitrogens with zero attached hydrogens (tertiary/aromatic N) is 1. The molecule has 0 radical (unpaired) electrons. The summed E-state index contributed by atoms with van der Waals surface area (Å²) in [6, 6.07) is 12.8. The Morgan fingerprint density at radius 1 is 1.28 bits per heavy atom. The maximum Gasteiger partial charge on any atom is 0.224 e. The molecule has 3 rings (SSSR count). The molecule has 0 spiro atoms. The molecule has 1 heterocycles. The monoisotopic (exact) mass is 420 g/mol. The molecule has 2 aromatic rings. The Morgan fingerprint density at radius 2 is 2.03 bits per heavy atom. The molecule has 7 heteroatoms. The third-order valence-electron chi connectivity index (χ3n) is 5.38. The number of aliphatic hydroxyl groups is 1. The van der Waals surface area contributed by atoms with Crippen LogP contribution in [0.3, 0.4) is 0 Å². The molecule has 1 amide bonds. The molecule has 29 heavy (non-hydrogen) atoms. The average molecular weight is 421 g/mol. The first-order valence-electron chi connectivity index (χ1n) is 9.81. The van der Waals surface area contributed by atoms with E-state index in [0.29, 0.717) is 49.4 Å². The number of carbonyl (C=O) groups excluding carboxylic acids is 1. The third kappa shape index (κ3) is 6.51. The van der Waals surface area contributed by atoms with Gasteiger partial charge in [-0.25, -0.2) is 4.39 Å². The highest BCUT2D eigenvalue weighted by molar-refractivity contribution is 6.30. The number of rotatable bonds is 6. The Morgan fingerprint density at radius 3 is 2.76 bits per heavy atom. The standard InChI is InChI=1S/C22H26ClFN2O3/c23-17-3-1-4-19(14-17)25-21(27)9-11-22(28)10-2-12-26(29)20(15-22)13-16-5-7-18(24)8-6-16/h1,3-8,14,20,28-29H,2,9-13,15H2,(H,25,27). The first-order valence-corrected chi connectivity index (χ1v) is 10.2. The van der Waals surface area contributed by atoms with E-state index >= 15 is 0 Å². The number of nitrogens with one attached hydrogen (secondary N) is 1. The molecule has 5 nitrogen and oxygen atoms in total. The van der Waals surface area contributed by atoms with Gasteiger partial charge in [0.15, 0.2) is 0 Å². The van der Waals surface area contributed by atoms with Gasteiger partial charge < -0.3 is 15.6 Å². The highest BCUT2D eigenvalue weighted by Gasteiger charge is 2.35. The van der Waals surface area contributed by atoms with Gasteiger partial charge in [-0.1, -0.05) is 29.8 Å². The van der Waals surface area contributed by atoms with Gasteiger partial charge in [-0.3, -0.25) is 4.79 Å². The molecule has 1 fully saturated rings. The van der Waals surface area contributed by atoms with E-state index < -0.39 is 5.60 Å². The zero-order valence-corrected chi connectivity index (χ0v) is 16.9. The number of hydroxylamine groups is 2. The molecule has 2 aromatic carbocycles. The SMILES string of the molecule is O=C(CCC1(O)CCCN(O)C(Cc2ccc(F)cc2)C1)Nc1cccc(Cl)c1. The van der Waals surface area contributed by atoms with E-state index in [4.69, 9.17) is 11.6 Å². The minimum Gasteiger partial charge on any atom is -0.390 e. The summed E-state index contributed by atoms with van der Waals surface area (Å²) in [5, 5.41) is 26.1. The summed E-state index contributed by atoms with van der Waals surface area (Å²) < 4.78 is 13.1. The van der Waals surface area contributed by atoms with Crippen molar-refractivity contribution in [3.05, 3.63) is 64.9 Å². The molecule has 0 aromatic heterocycles. The van der Waals surface area contributed by atoms with Gasteiger partial charge in [-0.05, 0) is 68.0 Å². The van der Waals surface area contributed by atoms with E-state index in [-0.39, 0.29) is 24.2 Å². The predicted octanol–water partition coefficient (Wildman–Crippen LogP) is 4.42. The number of benzene rings is 2. The molecular formula is C22H26ClFN2O3. The molecule has 3 N–H and O–H groups in total. The number of halogens is 2. The van der Waals surface area contributed by atoms with Gasteiger partial charge in [0.25, 0.3) is 0 Å². The first kappa shape index (κ1) is 21.7. The number of amides is 1. The van der Waals surface area contributed by atoms with Crippen molar-refractivity contribution in [3.8, 4) is 0 Å². The van der Waals surface area contributed by atoms with Gasteiger partial charge >= 0.3 is 0 Å². The second-order valence-corrected chi connectivity index (χ2v) is 8.17. The molecule has 0 aliphatic carbocycles. The van der Waals surface area contributed by atoms with Crippen LogP contribution in [0.4, 0.5) is 10.1 Å². The van der Waals surface area contributed by atoms with Gasteiger partial charge in [0, 0.05) is 29.7 Å². The summed E-state index contributed by atoms with van der Waals surface area (Å²) in [5.41, 5.74) is 0.456. The van der Waals surface area contributed by atoms with Crippen molar-refractivity contribution in [1.82, 2.24) is 5.06 Å². The Bertz CT molecular complexity index is 833. The van der Waals surface area contributed by atoms with Crippen molar-refractivity contribution in [2.24, 2.45) is 0 Å². The van der Waals surface area contributed by atoms with Crippen LogP contribution in [0.1, 0.15) is 37.7 Å². The fourth-order valence-corrected chi connectivity index (χ4v) is 4.02. The maximum absolute atomic E-state index is 13.1. The minimum atomic E-state index is -1.05. The number of carbonyl (C=O) groups is 1. The lowest BCUT2D eigenvalue weighted by Gasteiger charge is -2.31. The highest BCUT2D eigenvalue weighted by atomic mass is 35.5. The van der Waals surface area contributed by atoms with Crippen molar-refractivity contribution in [1.29, 1.82) is 0 Å². The fraction of sp³-hybridized carbons (Fsp3) is 0.409. The third-order valence-corrected chi connectivity index (χ3v) is 5.61. The van der Waals surface area contributed by atoms with Gasteiger partial charge in [0.1, 0.15) is 5.82 Å². The van der Waals surface area contributed by atoms with Crippen LogP contribution in [0.25, 0.3) is 0 Å². The smallest absolute Gasteiger partial charge is 0.224 e. The molecule has 1 aliphatic rings. The van der Waals surface area contributed by atoms with E-state index in [2.05, 4.69) is 5.32 Å². The molecule has 1 saturated heterocycles. The molecule has 156 valence electrons. The Kier molecular flexibility index (Phi) is 7.24. The Hall–Kier alpha value is -1.99. The summed E-state index contributed by atoms with van der Waals surface area (Å²) in [6.45, 7) is 0.447. The minimum absolute atomic E-state index is 0.164. The average Bonchev–Trinajstić information content (AvgIpc) is 2.81. The molecule has 1 aliphatic heterocycles. The van der Waals surface area contributed by atoms with Crippen molar-refractivity contribution in [2.45, 2.75) is 50.2 Å². The summed E-state index contributed by atoms with van der Waals surface area (Å²) in [7, 11) is 0. The van der Waals surface area contributed by atoms with Crippen LogP contribution in [0.15, 0.2) is 48.5 Å². The van der Waals surface area contributed by atoms with E-state index in [0.717, 1.165) is 5.56 Å². The van der Waals surface area contributed by atoms with Crippen LogP contribution in [-0.4, -0.2) is 39.5 Å². The van der Waals surface area contributed by atoms with Gasteiger partial charge in [0.2, 0.25) is 5.91 Å². The zero-order valence-electron chi connectivity index (χ0n) is 16.2. The van der Waals surface area contributed by atoms with E-state index in [1.807, 2.05) is 0 Å². The molecule has 2 atom stereocenters. The van der Waals surface area contributed by atoms with E-state index in [9.17, 15) is 19.5 Å². The van der Waals surface area contributed by atoms with Crippen molar-refractivity contribution < 1.29 is 19.5 Å². The lowest BCUT2D eigenvalue weighted by Crippen LogP contribution is -2.39. The lowest BCUT2D eigenvalue weighted by atomic mass is 9.85. The van der Waals surface area contributed by atoms with E-state index in [1.54, 1.807) is 36.4 Å². The highest BCUT2D eigenvalue weighted by Crippen LogP contribution is 2.31. The molecule has 2 unspecified atom stereocenters. The zero-order chi connectivity index (χ0) is 20.9. The van der Waals surface area contributed by atoms with Crippen molar-refractivity contribution in [3.63, 3.8) is 0 Å². The van der Waals surface area contributed by atoms with Gasteiger partial charge in [-0.15, -0.1) is 0 Å². The van der Waals surface area contributed by atoms with Gasteiger partial charge in [-0.2, -0.15) is 5.06 Å². The van der Waals surface area contributed by atoms with Gasteiger partial charge in [0.05, 0.1) is 5.60 Å². The largest absolute Gasteiger partial charge is 0.390 e. The summed E-state index contributed by atoms with van der Waals surface area (Å²) in [6.07, 6.45) is 2.43. The predicted molar refractivity (Wildman–Crippen MR) is 111 cm³/mol. The van der Waals surface area contributed by atoms with Crippen LogP contribution < -0.4 is 5.32 Å². The van der Waals surface area contributed by atoms with E-state index in [1.165, 1.54) is 17.2 Å². The Labute approximate surface area is 175 Å². The normalized spacial score (nSPS) is 22.8. The molecule has 0 saturated carbocycles. The molecule has 0 bridgehead atoms. The van der Waals surface area contributed by atoms with Crippen LogP contribution in [0.2, 0.25) is 5.02 Å².